The summed E-state index contributed by atoms with van der Waals surface area (Å²) in [6.45, 7) is 5.21. The molecular formula is C24H26ClN3O6S2. The molecule has 9 nitrogen and oxygen atoms in total. The van der Waals surface area contributed by atoms with E-state index in [4.69, 9.17) is 16.3 Å². The first-order chi connectivity index (χ1) is 16.8. The van der Waals surface area contributed by atoms with E-state index in [0.29, 0.717) is 0 Å². The Hall–Kier alpha value is -3.12. The number of anilines is 2. The minimum atomic E-state index is -3.91. The fraction of sp³-hybridized carbons (Fsp3) is 0.208. The standard InChI is InChI=1S/C24H26ClN3O6S2/c1-15(2)27-36(32,33)19-10-12-23(34-4)22(14-19)26-24(29)20-13-17(7-11-21(20)25)28-35(30,31)18-8-5-16(3)6-9-18/h5-15,27-28H,1-4H3,(H,26,29). The number of methoxy groups -OCH3 is 1. The van der Waals surface area contributed by atoms with Crippen molar-refractivity contribution >= 4 is 48.9 Å². The average molecular weight is 552 g/mol. The van der Waals surface area contributed by atoms with Crippen LogP contribution in [0.25, 0.3) is 0 Å². The summed E-state index contributed by atoms with van der Waals surface area (Å²) in [6.07, 6.45) is 0. The van der Waals surface area contributed by atoms with Crippen molar-refractivity contribution in [1.82, 2.24) is 4.72 Å². The van der Waals surface area contributed by atoms with Gasteiger partial charge in [0.1, 0.15) is 5.75 Å². The molecule has 3 rings (SSSR count). The lowest BCUT2D eigenvalue weighted by Crippen LogP contribution is -2.30. The van der Waals surface area contributed by atoms with E-state index < -0.39 is 26.0 Å². The molecule has 0 aliphatic heterocycles. The predicted molar refractivity (Wildman–Crippen MR) is 140 cm³/mol. The number of benzene rings is 3. The van der Waals surface area contributed by atoms with Crippen LogP contribution in [0.1, 0.15) is 29.8 Å². The van der Waals surface area contributed by atoms with Crippen LogP contribution in [0.4, 0.5) is 11.4 Å². The smallest absolute Gasteiger partial charge is 0.261 e. The molecule has 3 aromatic carbocycles. The largest absolute Gasteiger partial charge is 0.495 e. The molecule has 0 aliphatic carbocycles. The number of carbonyl (C=O) groups is 1. The molecular weight excluding hydrogens is 526 g/mol. The third-order valence-corrected chi connectivity index (χ3v) is 8.30. The van der Waals surface area contributed by atoms with Gasteiger partial charge in [0.2, 0.25) is 10.0 Å². The van der Waals surface area contributed by atoms with Gasteiger partial charge >= 0.3 is 0 Å². The highest BCUT2D eigenvalue weighted by atomic mass is 35.5. The zero-order chi connectivity index (χ0) is 26.7. The van der Waals surface area contributed by atoms with Gasteiger partial charge in [-0.15, -0.1) is 0 Å². The van der Waals surface area contributed by atoms with Crippen molar-refractivity contribution < 1.29 is 26.4 Å². The molecule has 192 valence electrons. The van der Waals surface area contributed by atoms with Gasteiger partial charge in [0, 0.05) is 11.7 Å². The van der Waals surface area contributed by atoms with E-state index in [1.54, 1.807) is 26.0 Å². The second-order valence-electron chi connectivity index (χ2n) is 8.21. The maximum atomic E-state index is 13.1. The summed E-state index contributed by atoms with van der Waals surface area (Å²) in [6, 6.07) is 14.1. The number of rotatable bonds is 9. The number of hydrogen-bond donors (Lipinski definition) is 3. The minimum Gasteiger partial charge on any atom is -0.495 e. The van der Waals surface area contributed by atoms with Crippen LogP contribution in [0.3, 0.4) is 0 Å². The Balaban J connectivity index is 1.90. The third-order valence-electron chi connectivity index (χ3n) is 4.91. The lowest BCUT2D eigenvalue weighted by molar-refractivity contribution is 0.102. The van der Waals surface area contributed by atoms with Gasteiger partial charge in [-0.3, -0.25) is 9.52 Å². The second-order valence-corrected chi connectivity index (χ2v) is 12.0. The van der Waals surface area contributed by atoms with E-state index >= 15 is 0 Å². The summed E-state index contributed by atoms with van der Waals surface area (Å²) in [5.41, 5.74) is 1.09. The molecule has 0 atom stereocenters. The van der Waals surface area contributed by atoms with Crippen molar-refractivity contribution in [2.45, 2.75) is 36.6 Å². The maximum Gasteiger partial charge on any atom is 0.261 e. The minimum absolute atomic E-state index is 0.0311. The van der Waals surface area contributed by atoms with Crippen molar-refractivity contribution in [3.05, 3.63) is 76.8 Å². The van der Waals surface area contributed by atoms with Gasteiger partial charge in [-0.2, -0.15) is 0 Å². The molecule has 36 heavy (non-hydrogen) atoms. The highest BCUT2D eigenvalue weighted by molar-refractivity contribution is 7.92. The molecule has 0 heterocycles. The maximum absolute atomic E-state index is 13.1. The number of nitrogens with one attached hydrogen (secondary N) is 3. The molecule has 12 heteroatoms. The van der Waals surface area contributed by atoms with E-state index in [-0.39, 0.29) is 43.5 Å². The SMILES string of the molecule is COc1ccc(S(=O)(=O)NC(C)C)cc1NC(=O)c1cc(NS(=O)(=O)c2ccc(C)cc2)ccc1Cl. The number of ether oxygens (including phenoxy) is 1. The molecule has 0 bridgehead atoms. The normalized spacial score (nSPS) is 11.8. The van der Waals surface area contributed by atoms with Crippen molar-refractivity contribution in [2.24, 2.45) is 0 Å². The van der Waals surface area contributed by atoms with Crippen molar-refractivity contribution in [3.8, 4) is 5.75 Å². The highest BCUT2D eigenvalue weighted by Crippen LogP contribution is 2.30. The van der Waals surface area contributed by atoms with Crippen LogP contribution in [0.2, 0.25) is 5.02 Å². The van der Waals surface area contributed by atoms with Crippen LogP contribution in [0.15, 0.2) is 70.5 Å². The summed E-state index contributed by atoms with van der Waals surface area (Å²) in [5, 5.41) is 2.66. The van der Waals surface area contributed by atoms with Crippen molar-refractivity contribution in [2.75, 3.05) is 17.1 Å². The van der Waals surface area contributed by atoms with Gasteiger partial charge in [-0.25, -0.2) is 21.6 Å². The predicted octanol–water partition coefficient (Wildman–Crippen LogP) is 4.40. The molecule has 0 saturated heterocycles. The van der Waals surface area contributed by atoms with Gasteiger partial charge in [-0.05, 0) is 69.3 Å². The molecule has 0 saturated carbocycles. The summed E-state index contributed by atoms with van der Waals surface area (Å²) < 4.78 is 60.8. The number of hydrogen-bond acceptors (Lipinski definition) is 6. The Kier molecular flexibility index (Phi) is 8.29. The van der Waals surface area contributed by atoms with Gasteiger partial charge in [0.15, 0.2) is 0 Å². The molecule has 0 aromatic heterocycles. The molecule has 3 aromatic rings. The van der Waals surface area contributed by atoms with E-state index in [0.717, 1.165) is 5.56 Å². The van der Waals surface area contributed by atoms with E-state index in [1.807, 2.05) is 6.92 Å². The lowest BCUT2D eigenvalue weighted by Gasteiger charge is -2.15. The second kappa shape index (κ2) is 10.9. The fourth-order valence-corrected chi connectivity index (χ4v) is 5.74. The zero-order valence-electron chi connectivity index (χ0n) is 20.0. The van der Waals surface area contributed by atoms with E-state index in [9.17, 15) is 21.6 Å². The quantitative estimate of drug-likeness (QED) is 0.361. The van der Waals surface area contributed by atoms with Gasteiger partial charge < -0.3 is 10.1 Å². The Morgan fingerprint density at radius 3 is 2.14 bits per heavy atom. The number of amides is 1. The fourth-order valence-electron chi connectivity index (χ4n) is 3.21. The topological polar surface area (TPSA) is 131 Å². The Bertz CT molecular complexity index is 1490. The summed E-state index contributed by atoms with van der Waals surface area (Å²) in [5.74, 6) is -0.472. The first kappa shape index (κ1) is 27.5. The third kappa shape index (κ3) is 6.55. The summed E-state index contributed by atoms with van der Waals surface area (Å²) >= 11 is 6.22. The first-order valence-electron chi connectivity index (χ1n) is 10.7. The molecule has 1 amide bonds. The molecule has 0 unspecified atom stereocenters. The van der Waals surface area contributed by atoms with Crippen LogP contribution in [0, 0.1) is 6.92 Å². The van der Waals surface area contributed by atoms with Crippen LogP contribution in [-0.4, -0.2) is 35.9 Å². The van der Waals surface area contributed by atoms with Crippen LogP contribution in [0.5, 0.6) is 5.75 Å². The Labute approximate surface area is 215 Å². The molecule has 0 radical (unpaired) electrons. The Morgan fingerprint density at radius 1 is 0.889 bits per heavy atom. The monoisotopic (exact) mass is 551 g/mol. The number of carbonyl (C=O) groups excluding carboxylic acids is 1. The molecule has 0 spiro atoms. The average Bonchev–Trinajstić information content (AvgIpc) is 2.79. The summed E-state index contributed by atoms with van der Waals surface area (Å²) in [4.78, 5) is 13.1. The van der Waals surface area contributed by atoms with Crippen LogP contribution in [-0.2, 0) is 20.0 Å². The van der Waals surface area contributed by atoms with Crippen LogP contribution < -0.4 is 19.5 Å². The van der Waals surface area contributed by atoms with Gasteiger partial charge in [0.05, 0.1) is 33.2 Å². The number of halogens is 1. The molecule has 3 N–H and O–H groups in total. The molecule has 0 aliphatic rings. The number of aryl methyl sites for hydroxylation is 1. The summed E-state index contributed by atoms with van der Waals surface area (Å²) in [7, 11) is -6.36. The van der Waals surface area contributed by atoms with Gasteiger partial charge in [0.25, 0.3) is 15.9 Å². The van der Waals surface area contributed by atoms with Crippen molar-refractivity contribution in [1.29, 1.82) is 0 Å². The zero-order valence-corrected chi connectivity index (χ0v) is 22.4. The highest BCUT2D eigenvalue weighted by Gasteiger charge is 2.21. The molecule has 0 fully saturated rings. The van der Waals surface area contributed by atoms with E-state index in [1.165, 1.54) is 55.6 Å². The van der Waals surface area contributed by atoms with E-state index in [2.05, 4.69) is 14.8 Å². The van der Waals surface area contributed by atoms with Crippen LogP contribution >= 0.6 is 11.6 Å². The first-order valence-corrected chi connectivity index (χ1v) is 14.1. The van der Waals surface area contributed by atoms with Crippen molar-refractivity contribution in [3.63, 3.8) is 0 Å². The van der Waals surface area contributed by atoms with Gasteiger partial charge in [-0.1, -0.05) is 29.3 Å². The Morgan fingerprint density at radius 2 is 1.53 bits per heavy atom. The number of sulfonamides is 2. The lowest BCUT2D eigenvalue weighted by atomic mass is 10.2.